The molecule has 0 spiro atoms. The molecular formula is C27H32N2O5. The van der Waals surface area contributed by atoms with Crippen molar-refractivity contribution in [2.24, 2.45) is 11.3 Å². The van der Waals surface area contributed by atoms with Gasteiger partial charge in [-0.2, -0.15) is 0 Å². The lowest BCUT2D eigenvalue weighted by Gasteiger charge is -2.37. The number of fused-ring (bicyclic) bond motifs is 3. The summed E-state index contributed by atoms with van der Waals surface area (Å²) in [5, 5.41) is 15.0. The van der Waals surface area contributed by atoms with Crippen molar-refractivity contribution in [2.45, 2.75) is 44.9 Å². The van der Waals surface area contributed by atoms with Crippen LogP contribution in [0.5, 0.6) is 0 Å². The van der Waals surface area contributed by atoms with Crippen molar-refractivity contribution in [2.75, 3.05) is 19.7 Å². The van der Waals surface area contributed by atoms with Crippen molar-refractivity contribution in [1.82, 2.24) is 10.6 Å². The quantitative estimate of drug-likeness (QED) is 0.486. The van der Waals surface area contributed by atoms with Gasteiger partial charge in [0.1, 0.15) is 6.61 Å². The summed E-state index contributed by atoms with van der Waals surface area (Å²) >= 11 is 0. The summed E-state index contributed by atoms with van der Waals surface area (Å²) in [6, 6.07) is 16.4. The van der Waals surface area contributed by atoms with Gasteiger partial charge in [-0.15, -0.1) is 0 Å². The number of hydrogen-bond acceptors (Lipinski definition) is 4. The Morgan fingerprint density at radius 3 is 2.18 bits per heavy atom. The monoisotopic (exact) mass is 464 g/mol. The van der Waals surface area contributed by atoms with Gasteiger partial charge >= 0.3 is 12.1 Å². The summed E-state index contributed by atoms with van der Waals surface area (Å²) in [5.41, 5.74) is 3.86. The Balaban J connectivity index is 1.24. The van der Waals surface area contributed by atoms with E-state index in [2.05, 4.69) is 34.9 Å². The first kappa shape index (κ1) is 23.8. The van der Waals surface area contributed by atoms with E-state index in [1.54, 1.807) is 0 Å². The molecule has 0 bridgehead atoms. The van der Waals surface area contributed by atoms with E-state index in [1.807, 2.05) is 31.2 Å². The van der Waals surface area contributed by atoms with Crippen molar-refractivity contribution in [1.29, 1.82) is 0 Å². The molecule has 0 aromatic heterocycles. The van der Waals surface area contributed by atoms with Crippen LogP contribution < -0.4 is 10.6 Å². The number of benzene rings is 2. The third-order valence-electron chi connectivity index (χ3n) is 7.32. The minimum Gasteiger partial charge on any atom is -0.481 e. The Hall–Kier alpha value is -3.35. The van der Waals surface area contributed by atoms with Crippen LogP contribution in [-0.2, 0) is 14.3 Å². The molecule has 2 aliphatic rings. The first-order valence-corrected chi connectivity index (χ1v) is 12.0. The normalized spacial score (nSPS) is 16.5. The van der Waals surface area contributed by atoms with Crippen molar-refractivity contribution < 1.29 is 24.2 Å². The molecule has 180 valence electrons. The Morgan fingerprint density at radius 1 is 1.03 bits per heavy atom. The zero-order valence-corrected chi connectivity index (χ0v) is 19.5. The summed E-state index contributed by atoms with van der Waals surface area (Å²) in [6.07, 6.45) is 2.52. The van der Waals surface area contributed by atoms with Crippen LogP contribution in [0, 0.1) is 11.3 Å². The number of ether oxygens (including phenoxy) is 1. The molecule has 4 rings (SSSR count). The van der Waals surface area contributed by atoms with Gasteiger partial charge in [0.05, 0.1) is 5.41 Å². The number of hydrogen-bond donors (Lipinski definition) is 3. The molecule has 7 nitrogen and oxygen atoms in total. The zero-order valence-electron chi connectivity index (χ0n) is 19.5. The minimum absolute atomic E-state index is 0.000962. The molecule has 2 aliphatic carbocycles. The average molecular weight is 465 g/mol. The maximum Gasteiger partial charge on any atom is 0.407 e. The second-order valence-corrected chi connectivity index (χ2v) is 9.40. The maximum absolute atomic E-state index is 12.4. The highest BCUT2D eigenvalue weighted by Crippen LogP contribution is 2.44. The molecule has 3 N–H and O–H groups in total. The molecule has 34 heavy (non-hydrogen) atoms. The van der Waals surface area contributed by atoms with Gasteiger partial charge < -0.3 is 20.5 Å². The lowest BCUT2D eigenvalue weighted by atomic mass is 9.69. The van der Waals surface area contributed by atoms with Gasteiger partial charge in [-0.25, -0.2) is 4.79 Å². The predicted octanol–water partition coefficient (Wildman–Crippen LogP) is 4.31. The SMILES string of the molecule is CCC(CNC(=O)OCC1c2ccccc2-c2ccccc21)CC(=O)NCC1(C(=O)O)CCC1. The molecule has 0 heterocycles. The molecule has 2 amide bonds. The molecule has 2 aromatic carbocycles. The highest BCUT2D eigenvalue weighted by molar-refractivity contribution is 5.80. The van der Waals surface area contributed by atoms with Crippen molar-refractivity contribution in [3.63, 3.8) is 0 Å². The van der Waals surface area contributed by atoms with Crippen molar-refractivity contribution in [3.05, 3.63) is 59.7 Å². The number of aliphatic carboxylic acids is 1. The van der Waals surface area contributed by atoms with E-state index < -0.39 is 17.5 Å². The van der Waals surface area contributed by atoms with E-state index in [0.29, 0.717) is 25.8 Å². The lowest BCUT2D eigenvalue weighted by Crippen LogP contribution is -2.48. The van der Waals surface area contributed by atoms with Gasteiger partial charge in [0.15, 0.2) is 0 Å². The average Bonchev–Trinajstić information content (AvgIpc) is 3.13. The standard InChI is InChI=1S/C27H32N2O5/c1-2-18(14-24(30)29-17-27(25(31)32)12-7-13-27)15-28-26(33)34-16-23-21-10-5-3-8-19(21)20-9-4-6-11-22(20)23/h3-6,8-11,18,23H,2,7,12-17H2,1H3,(H,28,33)(H,29,30)(H,31,32). The van der Waals surface area contributed by atoms with Crippen molar-refractivity contribution >= 4 is 18.0 Å². The van der Waals surface area contributed by atoms with Crippen molar-refractivity contribution in [3.8, 4) is 11.1 Å². The van der Waals surface area contributed by atoms with Gasteiger partial charge in [-0.3, -0.25) is 9.59 Å². The number of carbonyl (C=O) groups is 3. The summed E-state index contributed by atoms with van der Waals surface area (Å²) in [5.74, 6) is -1.08. The molecular weight excluding hydrogens is 432 g/mol. The first-order chi connectivity index (χ1) is 16.4. The summed E-state index contributed by atoms with van der Waals surface area (Å²) in [6.45, 7) is 2.69. The molecule has 0 radical (unpaired) electrons. The molecule has 1 atom stereocenters. The van der Waals surface area contributed by atoms with Gasteiger partial charge in [-0.05, 0) is 41.0 Å². The summed E-state index contributed by atoms with van der Waals surface area (Å²) in [4.78, 5) is 36.2. The lowest BCUT2D eigenvalue weighted by molar-refractivity contribution is -0.154. The number of alkyl carbamates (subject to hydrolysis) is 1. The fourth-order valence-corrected chi connectivity index (χ4v) is 4.91. The zero-order chi connectivity index (χ0) is 24.1. The second-order valence-electron chi connectivity index (χ2n) is 9.40. The van der Waals surface area contributed by atoms with Crippen LogP contribution in [0.1, 0.15) is 56.1 Å². The molecule has 2 aromatic rings. The third-order valence-corrected chi connectivity index (χ3v) is 7.32. The Morgan fingerprint density at radius 2 is 1.65 bits per heavy atom. The van der Waals surface area contributed by atoms with E-state index in [1.165, 1.54) is 11.1 Å². The van der Waals surface area contributed by atoms with Crippen LogP contribution in [0.25, 0.3) is 11.1 Å². The Labute approximate surface area is 199 Å². The largest absolute Gasteiger partial charge is 0.481 e. The number of carbonyl (C=O) groups excluding carboxylic acids is 2. The molecule has 0 saturated heterocycles. The van der Waals surface area contributed by atoms with Crippen LogP contribution in [0.2, 0.25) is 0 Å². The van der Waals surface area contributed by atoms with Gasteiger partial charge in [-0.1, -0.05) is 68.3 Å². The van der Waals surface area contributed by atoms with Crippen LogP contribution in [-0.4, -0.2) is 42.8 Å². The highest BCUT2D eigenvalue weighted by Gasteiger charge is 2.44. The fraction of sp³-hybridized carbons (Fsp3) is 0.444. The van der Waals surface area contributed by atoms with Crippen LogP contribution in [0.4, 0.5) is 4.79 Å². The number of nitrogens with one attached hydrogen (secondary N) is 2. The van der Waals surface area contributed by atoms with Gasteiger partial charge in [0.2, 0.25) is 5.91 Å². The van der Waals surface area contributed by atoms with E-state index in [4.69, 9.17) is 4.74 Å². The second kappa shape index (κ2) is 10.3. The topological polar surface area (TPSA) is 105 Å². The van der Waals surface area contributed by atoms with Crippen LogP contribution in [0.15, 0.2) is 48.5 Å². The van der Waals surface area contributed by atoms with E-state index in [0.717, 1.165) is 17.5 Å². The van der Waals surface area contributed by atoms with E-state index in [-0.39, 0.29) is 37.3 Å². The van der Waals surface area contributed by atoms with Gasteiger partial charge in [0, 0.05) is 25.4 Å². The maximum atomic E-state index is 12.4. The number of carboxylic acids is 1. The Kier molecular flexibility index (Phi) is 7.20. The number of rotatable bonds is 10. The van der Waals surface area contributed by atoms with Crippen LogP contribution >= 0.6 is 0 Å². The molecule has 1 saturated carbocycles. The molecule has 0 aliphatic heterocycles. The van der Waals surface area contributed by atoms with E-state index >= 15 is 0 Å². The molecule has 1 unspecified atom stereocenters. The Bertz CT molecular complexity index is 1020. The molecule has 7 heteroatoms. The van der Waals surface area contributed by atoms with Crippen LogP contribution in [0.3, 0.4) is 0 Å². The highest BCUT2D eigenvalue weighted by atomic mass is 16.5. The van der Waals surface area contributed by atoms with Gasteiger partial charge in [0.25, 0.3) is 0 Å². The van der Waals surface area contributed by atoms with E-state index in [9.17, 15) is 19.5 Å². The number of carboxylic acid groups (broad SMARTS) is 1. The first-order valence-electron chi connectivity index (χ1n) is 12.0. The predicted molar refractivity (Wildman–Crippen MR) is 128 cm³/mol. The smallest absolute Gasteiger partial charge is 0.407 e. The minimum atomic E-state index is -0.844. The fourth-order valence-electron chi connectivity index (χ4n) is 4.91. The third kappa shape index (κ3) is 4.93. The number of amides is 2. The summed E-state index contributed by atoms with van der Waals surface area (Å²) in [7, 11) is 0. The molecule has 1 fully saturated rings. The summed E-state index contributed by atoms with van der Waals surface area (Å²) < 4.78 is 5.56.